The van der Waals surface area contributed by atoms with Crippen LogP contribution in [0.15, 0.2) is 33.5 Å². The molecule has 3 rings (SSSR count). The zero-order chi connectivity index (χ0) is 17.5. The van der Waals surface area contributed by atoms with E-state index in [2.05, 4.69) is 0 Å². The first-order valence-electron chi connectivity index (χ1n) is 7.57. The van der Waals surface area contributed by atoms with E-state index in [4.69, 9.17) is 13.9 Å². The van der Waals surface area contributed by atoms with Crippen LogP contribution in [-0.2, 0) is 4.79 Å². The minimum absolute atomic E-state index is 0.117. The Balaban J connectivity index is 2.44. The number of fused-ring (bicyclic) bond motifs is 3. The Morgan fingerprint density at radius 1 is 1.29 bits per heavy atom. The lowest BCUT2D eigenvalue weighted by Gasteiger charge is -2.30. The fourth-order valence-corrected chi connectivity index (χ4v) is 2.71. The van der Waals surface area contributed by atoms with Gasteiger partial charge in [-0.05, 0) is 51.1 Å². The fraction of sp³-hybridized carbons (Fsp3) is 0.263. The molecule has 5 nitrogen and oxygen atoms in total. The van der Waals surface area contributed by atoms with Gasteiger partial charge >= 0.3 is 5.63 Å². The minimum atomic E-state index is -0.488. The molecule has 1 aromatic carbocycles. The van der Waals surface area contributed by atoms with Crippen molar-refractivity contribution in [3.05, 3.63) is 45.8 Å². The molecular weight excluding hydrogens is 308 g/mol. The average Bonchev–Trinajstić information content (AvgIpc) is 2.51. The molecule has 0 bridgehead atoms. The number of methoxy groups -OCH3 is 1. The highest BCUT2D eigenvalue weighted by atomic mass is 16.5. The fourth-order valence-electron chi connectivity index (χ4n) is 2.71. The average molecular weight is 326 g/mol. The van der Waals surface area contributed by atoms with Gasteiger partial charge in [0, 0.05) is 6.07 Å². The van der Waals surface area contributed by atoms with Crippen molar-refractivity contribution >= 4 is 28.9 Å². The molecule has 0 spiro atoms. The van der Waals surface area contributed by atoms with Crippen LogP contribution in [-0.4, -0.2) is 18.5 Å². The van der Waals surface area contributed by atoms with Crippen molar-refractivity contribution in [1.82, 2.24) is 0 Å². The number of benzene rings is 1. The molecule has 0 aliphatic carbocycles. The highest BCUT2D eigenvalue weighted by Crippen LogP contribution is 2.45. The molecule has 2 heterocycles. The third-order valence-electron chi connectivity index (χ3n) is 3.76. The highest BCUT2D eigenvalue weighted by molar-refractivity contribution is 6.01. The quantitative estimate of drug-likeness (QED) is 0.637. The third kappa shape index (κ3) is 2.73. The van der Waals surface area contributed by atoms with E-state index in [9.17, 15) is 9.59 Å². The van der Waals surface area contributed by atoms with Crippen LogP contribution in [0.5, 0.6) is 11.5 Å². The van der Waals surface area contributed by atoms with Gasteiger partial charge in [-0.1, -0.05) is 0 Å². The number of hydrogen-bond donors (Lipinski definition) is 0. The Kier molecular flexibility index (Phi) is 3.79. The van der Waals surface area contributed by atoms with Crippen LogP contribution in [0.25, 0.3) is 23.1 Å². The van der Waals surface area contributed by atoms with Crippen molar-refractivity contribution < 1.29 is 18.7 Å². The summed E-state index contributed by atoms with van der Waals surface area (Å²) in [4.78, 5) is 23.1. The van der Waals surface area contributed by atoms with E-state index in [1.165, 1.54) is 26.2 Å². The highest BCUT2D eigenvalue weighted by Gasteiger charge is 2.28. The molecule has 5 heteroatoms. The number of hydrogen-bond acceptors (Lipinski definition) is 5. The maximum absolute atomic E-state index is 11.7. The molecule has 0 amide bonds. The standard InChI is InChI=1S/C19H18O5/c1-11(20)5-6-12-16(22-4)14-9-10-19(2,3)24-18(14)13-7-8-15(21)23-17(12)13/h5-10H,1-4H3/b6-5+. The van der Waals surface area contributed by atoms with E-state index < -0.39 is 11.2 Å². The van der Waals surface area contributed by atoms with Gasteiger partial charge in [0.1, 0.15) is 17.1 Å². The second-order valence-corrected chi connectivity index (χ2v) is 6.17. The molecule has 0 saturated heterocycles. The van der Waals surface area contributed by atoms with Crippen LogP contribution in [0.2, 0.25) is 0 Å². The Bertz CT molecular complexity index is 944. The molecule has 0 atom stereocenters. The predicted molar refractivity (Wildman–Crippen MR) is 92.5 cm³/mol. The van der Waals surface area contributed by atoms with Crippen LogP contribution in [0, 0.1) is 0 Å². The molecule has 1 aliphatic rings. The molecule has 0 N–H and O–H groups in total. The molecule has 1 aromatic heterocycles. The van der Waals surface area contributed by atoms with Crippen molar-refractivity contribution in [2.24, 2.45) is 0 Å². The second kappa shape index (κ2) is 5.67. The third-order valence-corrected chi connectivity index (χ3v) is 3.76. The summed E-state index contributed by atoms with van der Waals surface area (Å²) < 4.78 is 17.0. The number of carbonyl (C=O) groups excluding carboxylic acids is 1. The lowest BCUT2D eigenvalue weighted by Crippen LogP contribution is -2.28. The minimum Gasteiger partial charge on any atom is -0.495 e. The Labute approximate surface area is 139 Å². The van der Waals surface area contributed by atoms with E-state index in [1.807, 2.05) is 26.0 Å². The monoisotopic (exact) mass is 326 g/mol. The summed E-state index contributed by atoms with van der Waals surface area (Å²) in [6.45, 7) is 5.33. The summed E-state index contributed by atoms with van der Waals surface area (Å²) >= 11 is 0. The summed E-state index contributed by atoms with van der Waals surface area (Å²) in [5, 5.41) is 0.658. The van der Waals surface area contributed by atoms with Crippen LogP contribution in [0.3, 0.4) is 0 Å². The molecule has 124 valence electrons. The van der Waals surface area contributed by atoms with Gasteiger partial charge in [-0.25, -0.2) is 4.79 Å². The smallest absolute Gasteiger partial charge is 0.336 e. The first kappa shape index (κ1) is 16.1. The summed E-state index contributed by atoms with van der Waals surface area (Å²) in [5.41, 5.74) is 0.653. The number of ether oxygens (including phenoxy) is 2. The van der Waals surface area contributed by atoms with E-state index in [1.54, 1.807) is 12.1 Å². The van der Waals surface area contributed by atoms with Crippen molar-refractivity contribution in [1.29, 1.82) is 0 Å². The number of allylic oxidation sites excluding steroid dienone is 1. The maximum atomic E-state index is 11.7. The van der Waals surface area contributed by atoms with Gasteiger partial charge in [0.05, 0.1) is 23.6 Å². The zero-order valence-corrected chi connectivity index (χ0v) is 14.0. The maximum Gasteiger partial charge on any atom is 0.336 e. The summed E-state index contributed by atoms with van der Waals surface area (Å²) in [7, 11) is 1.53. The van der Waals surface area contributed by atoms with Crippen molar-refractivity contribution in [3.8, 4) is 11.5 Å². The van der Waals surface area contributed by atoms with Gasteiger partial charge in [-0.2, -0.15) is 0 Å². The molecule has 0 radical (unpaired) electrons. The Hall–Kier alpha value is -2.82. The summed E-state index contributed by atoms with van der Waals surface area (Å²) in [5.74, 6) is 0.975. The van der Waals surface area contributed by atoms with Crippen LogP contribution < -0.4 is 15.1 Å². The number of ketones is 1. The molecular formula is C19H18O5. The topological polar surface area (TPSA) is 65.7 Å². The lowest BCUT2D eigenvalue weighted by molar-refractivity contribution is -0.112. The first-order valence-corrected chi connectivity index (χ1v) is 7.57. The van der Waals surface area contributed by atoms with Gasteiger partial charge in [-0.3, -0.25) is 4.79 Å². The molecule has 1 aliphatic heterocycles. The van der Waals surface area contributed by atoms with E-state index in [0.29, 0.717) is 28.0 Å². The predicted octanol–water partition coefficient (Wildman–Crippen LogP) is 3.59. The van der Waals surface area contributed by atoms with Gasteiger partial charge in [-0.15, -0.1) is 0 Å². The molecule has 2 aromatic rings. The lowest BCUT2D eigenvalue weighted by atomic mass is 9.96. The van der Waals surface area contributed by atoms with Gasteiger partial charge in [0.2, 0.25) is 0 Å². The van der Waals surface area contributed by atoms with Crippen LogP contribution in [0.1, 0.15) is 31.9 Å². The summed E-state index contributed by atoms with van der Waals surface area (Å²) in [6.07, 6.45) is 6.86. The number of rotatable bonds is 3. The van der Waals surface area contributed by atoms with Crippen molar-refractivity contribution in [2.45, 2.75) is 26.4 Å². The number of carbonyl (C=O) groups is 1. The normalized spacial score (nSPS) is 15.3. The molecule has 0 unspecified atom stereocenters. The molecule has 24 heavy (non-hydrogen) atoms. The van der Waals surface area contributed by atoms with E-state index in [-0.39, 0.29) is 5.78 Å². The van der Waals surface area contributed by atoms with Gasteiger partial charge < -0.3 is 13.9 Å². The molecule has 0 fully saturated rings. The summed E-state index contributed by atoms with van der Waals surface area (Å²) in [6, 6.07) is 3.02. The van der Waals surface area contributed by atoms with Crippen molar-refractivity contribution in [3.63, 3.8) is 0 Å². The van der Waals surface area contributed by atoms with Crippen LogP contribution in [0.4, 0.5) is 0 Å². The zero-order valence-electron chi connectivity index (χ0n) is 14.0. The Morgan fingerprint density at radius 3 is 2.71 bits per heavy atom. The van der Waals surface area contributed by atoms with Crippen LogP contribution >= 0.6 is 0 Å². The van der Waals surface area contributed by atoms with E-state index in [0.717, 1.165) is 5.56 Å². The molecule has 0 saturated carbocycles. The Morgan fingerprint density at radius 2 is 2.04 bits per heavy atom. The first-order chi connectivity index (χ1) is 11.3. The van der Waals surface area contributed by atoms with Gasteiger partial charge in [0.15, 0.2) is 11.4 Å². The van der Waals surface area contributed by atoms with Gasteiger partial charge in [0.25, 0.3) is 0 Å². The largest absolute Gasteiger partial charge is 0.495 e. The van der Waals surface area contributed by atoms with E-state index >= 15 is 0 Å². The second-order valence-electron chi connectivity index (χ2n) is 6.17. The van der Waals surface area contributed by atoms with Crippen molar-refractivity contribution in [2.75, 3.05) is 7.11 Å². The SMILES string of the molecule is COc1c2c(c3ccc(=O)oc3c1/C=C/C(C)=O)OC(C)(C)C=C2.